The van der Waals surface area contributed by atoms with Crippen LogP contribution >= 0.6 is 0 Å². The Balaban J connectivity index is 2.05. The van der Waals surface area contributed by atoms with E-state index < -0.39 is 42.3 Å². The van der Waals surface area contributed by atoms with E-state index in [9.17, 15) is 9.59 Å². The van der Waals surface area contributed by atoms with E-state index >= 15 is 0 Å². The van der Waals surface area contributed by atoms with Crippen molar-refractivity contribution >= 4 is 11.9 Å². The second-order valence-electron chi connectivity index (χ2n) is 5.02. The maximum Gasteiger partial charge on any atom is 0.305 e. The minimum absolute atomic E-state index is 0.0354. The molecule has 1 unspecified atom stereocenters. The number of fused-ring (bicyclic) bond motifs is 1. The summed E-state index contributed by atoms with van der Waals surface area (Å²) >= 11 is 0. The third-order valence-corrected chi connectivity index (χ3v) is 2.84. The van der Waals surface area contributed by atoms with Crippen LogP contribution in [0.1, 0.15) is 27.7 Å². The van der Waals surface area contributed by atoms with Crippen LogP contribution in [0, 0.1) is 0 Å². The van der Waals surface area contributed by atoms with E-state index in [0.717, 1.165) is 0 Å². The van der Waals surface area contributed by atoms with Crippen molar-refractivity contribution in [3.8, 4) is 0 Å². The highest BCUT2D eigenvalue weighted by molar-refractivity contribution is 5.66. The zero-order valence-corrected chi connectivity index (χ0v) is 11.4. The van der Waals surface area contributed by atoms with E-state index in [4.69, 9.17) is 23.7 Å². The van der Waals surface area contributed by atoms with Gasteiger partial charge in [-0.25, -0.2) is 0 Å². The van der Waals surface area contributed by atoms with Gasteiger partial charge in [0, 0.05) is 13.8 Å². The average Bonchev–Trinajstić information content (AvgIpc) is 2.70. The van der Waals surface area contributed by atoms with Crippen LogP contribution in [0.25, 0.3) is 0 Å². The third kappa shape index (κ3) is 3.23. The molecule has 2 aliphatic heterocycles. The Hall–Kier alpha value is -1.18. The number of rotatable bonds is 3. The largest absolute Gasteiger partial charge is 0.463 e. The minimum Gasteiger partial charge on any atom is -0.463 e. The van der Waals surface area contributed by atoms with E-state index in [1.807, 2.05) is 0 Å². The van der Waals surface area contributed by atoms with Gasteiger partial charge in [0.1, 0.15) is 18.8 Å². The maximum atomic E-state index is 11.0. The molecule has 108 valence electrons. The summed E-state index contributed by atoms with van der Waals surface area (Å²) in [5.74, 6) is -1.66. The lowest BCUT2D eigenvalue weighted by Gasteiger charge is -2.23. The van der Waals surface area contributed by atoms with Crippen LogP contribution < -0.4 is 0 Å². The smallest absolute Gasteiger partial charge is 0.305 e. The Bertz CT molecular complexity index is 378. The van der Waals surface area contributed by atoms with Crippen LogP contribution in [0.4, 0.5) is 0 Å². The van der Waals surface area contributed by atoms with E-state index in [0.29, 0.717) is 0 Å². The Morgan fingerprint density at radius 3 is 2.32 bits per heavy atom. The van der Waals surface area contributed by atoms with Gasteiger partial charge in [-0.2, -0.15) is 0 Å². The lowest BCUT2D eigenvalue weighted by Crippen LogP contribution is -2.33. The maximum absolute atomic E-state index is 11.0. The number of esters is 2. The summed E-state index contributed by atoms with van der Waals surface area (Å²) in [6.07, 6.45) is -2.30. The van der Waals surface area contributed by atoms with Gasteiger partial charge in [0.15, 0.2) is 11.9 Å². The second kappa shape index (κ2) is 5.07. The first-order valence-electron chi connectivity index (χ1n) is 6.10. The van der Waals surface area contributed by atoms with Crippen LogP contribution in [-0.4, -0.2) is 48.9 Å². The summed E-state index contributed by atoms with van der Waals surface area (Å²) in [5, 5.41) is 0. The van der Waals surface area contributed by atoms with E-state index in [-0.39, 0.29) is 6.61 Å². The summed E-state index contributed by atoms with van der Waals surface area (Å²) in [6, 6.07) is 0. The van der Waals surface area contributed by atoms with Crippen molar-refractivity contribution in [1.82, 2.24) is 0 Å². The van der Waals surface area contributed by atoms with E-state index in [2.05, 4.69) is 0 Å². The molecule has 19 heavy (non-hydrogen) atoms. The SMILES string of the molecule is CC(=O)OC[C@H]1OC(OC(C)=O)[C@H]2OC(C)(C)O[C@H]21. The number of carbonyl (C=O) groups excluding carboxylic acids is 2. The quantitative estimate of drug-likeness (QED) is 0.687. The second-order valence-corrected chi connectivity index (χ2v) is 5.02. The van der Waals surface area contributed by atoms with Gasteiger partial charge in [-0.05, 0) is 13.8 Å². The zero-order valence-electron chi connectivity index (χ0n) is 11.4. The minimum atomic E-state index is -0.843. The Morgan fingerprint density at radius 2 is 1.74 bits per heavy atom. The molecule has 0 N–H and O–H groups in total. The molecule has 7 nitrogen and oxygen atoms in total. The average molecular weight is 274 g/mol. The van der Waals surface area contributed by atoms with Gasteiger partial charge in [0.05, 0.1) is 0 Å². The summed E-state index contributed by atoms with van der Waals surface area (Å²) in [4.78, 5) is 21.9. The molecule has 2 aliphatic rings. The third-order valence-electron chi connectivity index (χ3n) is 2.84. The first-order chi connectivity index (χ1) is 8.78. The van der Waals surface area contributed by atoms with Crippen molar-refractivity contribution < 1.29 is 33.3 Å². The van der Waals surface area contributed by atoms with Gasteiger partial charge in [0.2, 0.25) is 6.29 Å². The first-order valence-corrected chi connectivity index (χ1v) is 6.10. The molecule has 0 saturated carbocycles. The molecule has 0 aromatic rings. The van der Waals surface area contributed by atoms with Crippen LogP contribution in [0.15, 0.2) is 0 Å². The van der Waals surface area contributed by atoms with E-state index in [1.165, 1.54) is 13.8 Å². The molecule has 0 radical (unpaired) electrons. The molecule has 0 aromatic carbocycles. The molecular formula is C12H18O7. The highest BCUT2D eigenvalue weighted by Gasteiger charge is 2.56. The number of ether oxygens (including phenoxy) is 5. The molecule has 4 atom stereocenters. The van der Waals surface area contributed by atoms with E-state index in [1.54, 1.807) is 13.8 Å². The van der Waals surface area contributed by atoms with Gasteiger partial charge in [-0.15, -0.1) is 0 Å². The molecule has 0 spiro atoms. The van der Waals surface area contributed by atoms with Crippen LogP contribution in [-0.2, 0) is 33.3 Å². The summed E-state index contributed by atoms with van der Waals surface area (Å²) in [7, 11) is 0. The monoisotopic (exact) mass is 274 g/mol. The topological polar surface area (TPSA) is 80.3 Å². The molecule has 7 heteroatoms. The van der Waals surface area contributed by atoms with Crippen LogP contribution in [0.5, 0.6) is 0 Å². The van der Waals surface area contributed by atoms with Crippen molar-refractivity contribution in [2.45, 2.75) is 58.1 Å². The Morgan fingerprint density at radius 1 is 1.11 bits per heavy atom. The van der Waals surface area contributed by atoms with Crippen molar-refractivity contribution in [2.75, 3.05) is 6.61 Å². The fourth-order valence-corrected chi connectivity index (χ4v) is 2.23. The van der Waals surface area contributed by atoms with Gasteiger partial charge in [-0.3, -0.25) is 9.59 Å². The highest BCUT2D eigenvalue weighted by atomic mass is 16.8. The van der Waals surface area contributed by atoms with Crippen LogP contribution in [0.3, 0.4) is 0 Å². The number of hydrogen-bond acceptors (Lipinski definition) is 7. The van der Waals surface area contributed by atoms with Gasteiger partial charge in [0.25, 0.3) is 0 Å². The first kappa shape index (κ1) is 14.2. The fourth-order valence-electron chi connectivity index (χ4n) is 2.23. The predicted octanol–water partition coefficient (Wildman–Crippen LogP) is 0.358. The molecule has 2 fully saturated rings. The molecule has 0 amide bonds. The molecule has 2 heterocycles. The molecular weight excluding hydrogens is 256 g/mol. The molecule has 0 aliphatic carbocycles. The molecule has 0 bridgehead atoms. The number of carbonyl (C=O) groups is 2. The normalized spacial score (nSPS) is 35.8. The molecule has 2 saturated heterocycles. The highest BCUT2D eigenvalue weighted by Crippen LogP contribution is 2.39. The van der Waals surface area contributed by atoms with Crippen molar-refractivity contribution in [3.05, 3.63) is 0 Å². The molecule has 0 aromatic heterocycles. The fraction of sp³-hybridized carbons (Fsp3) is 0.833. The summed E-state index contributed by atoms with van der Waals surface area (Å²) < 4.78 is 26.8. The molecule has 2 rings (SSSR count). The standard InChI is InChI=1S/C12H18O7/c1-6(13)15-5-8-9-10(19-12(3,4)18-9)11(17-8)16-7(2)14/h8-11H,5H2,1-4H3/t8-,9+,10+,11?/m1/s1. The van der Waals surface area contributed by atoms with Gasteiger partial charge < -0.3 is 23.7 Å². The van der Waals surface area contributed by atoms with Gasteiger partial charge in [-0.1, -0.05) is 0 Å². The van der Waals surface area contributed by atoms with Crippen LogP contribution in [0.2, 0.25) is 0 Å². The van der Waals surface area contributed by atoms with Gasteiger partial charge >= 0.3 is 11.9 Å². The number of hydrogen-bond donors (Lipinski definition) is 0. The van der Waals surface area contributed by atoms with Crippen molar-refractivity contribution in [1.29, 1.82) is 0 Å². The van der Waals surface area contributed by atoms with Crippen molar-refractivity contribution in [2.24, 2.45) is 0 Å². The van der Waals surface area contributed by atoms with Crippen molar-refractivity contribution in [3.63, 3.8) is 0 Å². The zero-order chi connectivity index (χ0) is 14.2. The lowest BCUT2D eigenvalue weighted by atomic mass is 10.1. The Kier molecular flexibility index (Phi) is 3.80. The lowest BCUT2D eigenvalue weighted by molar-refractivity contribution is -0.234. The predicted molar refractivity (Wildman–Crippen MR) is 60.9 cm³/mol. The summed E-state index contributed by atoms with van der Waals surface area (Å²) in [6.45, 7) is 6.16. The Labute approximate surface area is 111 Å². The summed E-state index contributed by atoms with van der Waals surface area (Å²) in [5.41, 5.74) is 0.